The molecule has 0 amide bonds. The van der Waals surface area contributed by atoms with Gasteiger partial charge in [0.15, 0.2) is 17.3 Å². The fraction of sp³-hybridized carbons (Fsp3) is 0.154. The molecule has 0 atom stereocenters. The normalized spacial score (nSPS) is 13.1. The van der Waals surface area contributed by atoms with E-state index in [1.807, 2.05) is 30.3 Å². The summed E-state index contributed by atoms with van der Waals surface area (Å²) in [6, 6.07) is 9.46. The van der Waals surface area contributed by atoms with Gasteiger partial charge in [-0.1, -0.05) is 12.1 Å². The van der Waals surface area contributed by atoms with Crippen molar-refractivity contribution in [3.05, 3.63) is 35.9 Å². The van der Waals surface area contributed by atoms with Crippen molar-refractivity contribution in [2.75, 3.05) is 6.79 Å². The van der Waals surface area contributed by atoms with Gasteiger partial charge in [0.1, 0.15) is 0 Å². The quantitative estimate of drug-likeness (QED) is 0.685. The molecule has 3 rings (SSSR count). The Morgan fingerprint density at radius 1 is 1.06 bits per heavy atom. The molecule has 0 fully saturated rings. The number of ether oxygens (including phenoxy) is 2. The Morgan fingerprint density at radius 2 is 1.75 bits per heavy atom. The Labute approximate surface area is 92.6 Å². The van der Waals surface area contributed by atoms with E-state index in [1.165, 1.54) is 0 Å². The average molecular weight is 214 g/mol. The molecule has 16 heavy (non-hydrogen) atoms. The maximum atomic E-state index is 11.3. The molecule has 3 nitrogen and oxygen atoms in total. The third-order valence-electron chi connectivity index (χ3n) is 2.74. The summed E-state index contributed by atoms with van der Waals surface area (Å²) in [4.78, 5) is 11.3. The Morgan fingerprint density at radius 3 is 2.44 bits per heavy atom. The Balaban J connectivity index is 2.24. The molecule has 0 bridgehead atoms. The van der Waals surface area contributed by atoms with Crippen molar-refractivity contribution < 1.29 is 14.3 Å². The third-order valence-corrected chi connectivity index (χ3v) is 2.74. The predicted octanol–water partition coefficient (Wildman–Crippen LogP) is 2.77. The van der Waals surface area contributed by atoms with E-state index in [2.05, 4.69) is 0 Å². The molecule has 0 saturated heterocycles. The van der Waals surface area contributed by atoms with E-state index in [9.17, 15) is 4.79 Å². The molecule has 1 aliphatic rings. The van der Waals surface area contributed by atoms with E-state index in [4.69, 9.17) is 9.47 Å². The third kappa shape index (κ3) is 1.33. The monoisotopic (exact) mass is 214 g/mol. The number of ketones is 1. The number of hydrogen-bond donors (Lipinski definition) is 0. The van der Waals surface area contributed by atoms with Gasteiger partial charge in [-0.3, -0.25) is 4.79 Å². The van der Waals surface area contributed by atoms with E-state index in [-0.39, 0.29) is 12.6 Å². The van der Waals surface area contributed by atoms with Crippen LogP contribution in [0.1, 0.15) is 17.3 Å². The van der Waals surface area contributed by atoms with Gasteiger partial charge in [0.05, 0.1) is 0 Å². The van der Waals surface area contributed by atoms with Gasteiger partial charge in [0.2, 0.25) is 6.79 Å². The number of hydrogen-bond acceptors (Lipinski definition) is 3. The van der Waals surface area contributed by atoms with Crippen molar-refractivity contribution in [1.82, 2.24) is 0 Å². The van der Waals surface area contributed by atoms with Crippen LogP contribution in [0.5, 0.6) is 11.5 Å². The van der Waals surface area contributed by atoms with Gasteiger partial charge in [-0.05, 0) is 35.9 Å². The van der Waals surface area contributed by atoms with Crippen LogP contribution in [0.3, 0.4) is 0 Å². The van der Waals surface area contributed by atoms with Crippen molar-refractivity contribution in [2.24, 2.45) is 0 Å². The SMILES string of the molecule is CC(=O)c1ccc2cc3c(cc2c1)OCO3. The summed E-state index contributed by atoms with van der Waals surface area (Å²) >= 11 is 0. The van der Waals surface area contributed by atoms with Crippen LogP contribution < -0.4 is 9.47 Å². The molecular formula is C13H10O3. The van der Waals surface area contributed by atoms with Crippen LogP contribution in [0.15, 0.2) is 30.3 Å². The summed E-state index contributed by atoms with van der Waals surface area (Å²) in [7, 11) is 0. The van der Waals surface area contributed by atoms with Gasteiger partial charge in [-0.15, -0.1) is 0 Å². The highest BCUT2D eigenvalue weighted by Crippen LogP contribution is 2.36. The average Bonchev–Trinajstić information content (AvgIpc) is 2.71. The van der Waals surface area contributed by atoms with E-state index in [0.29, 0.717) is 5.56 Å². The van der Waals surface area contributed by atoms with Crippen molar-refractivity contribution in [2.45, 2.75) is 6.92 Å². The van der Waals surface area contributed by atoms with Gasteiger partial charge in [0.25, 0.3) is 0 Å². The summed E-state index contributed by atoms with van der Waals surface area (Å²) in [6.07, 6.45) is 0. The first-order valence-electron chi connectivity index (χ1n) is 5.08. The molecule has 0 aliphatic carbocycles. The van der Waals surface area contributed by atoms with Crippen LogP contribution in [0, 0.1) is 0 Å². The Kier molecular flexibility index (Phi) is 1.86. The fourth-order valence-corrected chi connectivity index (χ4v) is 1.86. The Hall–Kier alpha value is -2.03. The minimum absolute atomic E-state index is 0.0690. The van der Waals surface area contributed by atoms with E-state index in [0.717, 1.165) is 22.3 Å². The molecule has 0 saturated carbocycles. The second-order valence-electron chi connectivity index (χ2n) is 3.82. The van der Waals surface area contributed by atoms with Crippen molar-refractivity contribution in [3.8, 4) is 11.5 Å². The van der Waals surface area contributed by atoms with Crippen molar-refractivity contribution >= 4 is 16.6 Å². The summed E-state index contributed by atoms with van der Waals surface area (Å²) in [6.45, 7) is 1.83. The lowest BCUT2D eigenvalue weighted by Crippen LogP contribution is -1.92. The fourth-order valence-electron chi connectivity index (χ4n) is 1.86. The van der Waals surface area contributed by atoms with E-state index in [1.54, 1.807) is 6.92 Å². The molecule has 1 aliphatic heterocycles. The number of carbonyl (C=O) groups excluding carboxylic acids is 1. The first kappa shape index (κ1) is 9.21. The molecule has 0 spiro atoms. The lowest BCUT2D eigenvalue weighted by Gasteiger charge is -2.02. The minimum Gasteiger partial charge on any atom is -0.454 e. The van der Waals surface area contributed by atoms with Gasteiger partial charge in [-0.2, -0.15) is 0 Å². The second kappa shape index (κ2) is 3.23. The molecule has 3 heteroatoms. The lowest BCUT2D eigenvalue weighted by atomic mass is 10.0. The minimum atomic E-state index is 0.0690. The van der Waals surface area contributed by atoms with Crippen molar-refractivity contribution in [1.29, 1.82) is 0 Å². The lowest BCUT2D eigenvalue weighted by molar-refractivity contribution is 0.101. The molecule has 1 heterocycles. The second-order valence-corrected chi connectivity index (χ2v) is 3.82. The number of rotatable bonds is 1. The largest absolute Gasteiger partial charge is 0.454 e. The maximum Gasteiger partial charge on any atom is 0.231 e. The zero-order valence-electron chi connectivity index (χ0n) is 8.82. The van der Waals surface area contributed by atoms with Crippen LogP contribution in [-0.2, 0) is 0 Å². The molecule has 0 N–H and O–H groups in total. The number of Topliss-reactive ketones (excluding diaryl/α,β-unsaturated/α-hetero) is 1. The Bertz CT molecular complexity index is 587. The van der Waals surface area contributed by atoms with Crippen LogP contribution in [0.25, 0.3) is 10.8 Å². The standard InChI is InChI=1S/C13H10O3/c1-8(14)9-2-3-10-5-12-13(16-7-15-12)6-11(10)4-9/h2-6H,7H2,1H3. The van der Waals surface area contributed by atoms with Crippen LogP contribution >= 0.6 is 0 Å². The number of fused-ring (bicyclic) bond motifs is 2. The van der Waals surface area contributed by atoms with Gasteiger partial charge >= 0.3 is 0 Å². The van der Waals surface area contributed by atoms with Crippen LogP contribution in [0.4, 0.5) is 0 Å². The molecular weight excluding hydrogens is 204 g/mol. The highest BCUT2D eigenvalue weighted by Gasteiger charge is 2.14. The van der Waals surface area contributed by atoms with E-state index >= 15 is 0 Å². The smallest absolute Gasteiger partial charge is 0.231 e. The summed E-state index contributed by atoms with van der Waals surface area (Å²) in [5.41, 5.74) is 0.714. The highest BCUT2D eigenvalue weighted by molar-refractivity contribution is 5.99. The number of carbonyl (C=O) groups is 1. The number of benzene rings is 2. The van der Waals surface area contributed by atoms with Gasteiger partial charge in [-0.25, -0.2) is 0 Å². The van der Waals surface area contributed by atoms with E-state index < -0.39 is 0 Å². The molecule has 0 radical (unpaired) electrons. The van der Waals surface area contributed by atoms with Crippen LogP contribution in [0.2, 0.25) is 0 Å². The van der Waals surface area contributed by atoms with Crippen molar-refractivity contribution in [3.63, 3.8) is 0 Å². The summed E-state index contributed by atoms with van der Waals surface area (Å²) in [5, 5.41) is 2.05. The molecule has 0 unspecified atom stereocenters. The summed E-state index contributed by atoms with van der Waals surface area (Å²) < 4.78 is 10.6. The van der Waals surface area contributed by atoms with Gasteiger partial charge < -0.3 is 9.47 Å². The highest BCUT2D eigenvalue weighted by atomic mass is 16.7. The maximum absolute atomic E-state index is 11.3. The van der Waals surface area contributed by atoms with Gasteiger partial charge in [0, 0.05) is 5.56 Å². The predicted molar refractivity (Wildman–Crippen MR) is 60.1 cm³/mol. The summed E-state index contributed by atoms with van der Waals surface area (Å²) in [5.74, 6) is 1.58. The zero-order chi connectivity index (χ0) is 11.1. The molecule has 0 aromatic heterocycles. The topological polar surface area (TPSA) is 35.5 Å². The first-order valence-corrected chi connectivity index (χ1v) is 5.08. The molecule has 2 aromatic carbocycles. The molecule has 2 aromatic rings. The van der Waals surface area contributed by atoms with Crippen LogP contribution in [-0.4, -0.2) is 12.6 Å². The first-order chi connectivity index (χ1) is 7.74. The molecule has 80 valence electrons. The zero-order valence-corrected chi connectivity index (χ0v) is 8.82.